The number of H-pyrrole nitrogens is 1. The molecule has 7 heteroatoms. The van der Waals surface area contributed by atoms with E-state index in [0.29, 0.717) is 29.0 Å². The van der Waals surface area contributed by atoms with Gasteiger partial charge in [0.15, 0.2) is 6.61 Å². The van der Waals surface area contributed by atoms with Gasteiger partial charge in [-0.3, -0.25) is 9.59 Å². The van der Waals surface area contributed by atoms with E-state index < -0.39 is 0 Å². The van der Waals surface area contributed by atoms with Crippen LogP contribution in [0, 0.1) is 0 Å². The summed E-state index contributed by atoms with van der Waals surface area (Å²) in [7, 11) is 0. The van der Waals surface area contributed by atoms with Crippen molar-refractivity contribution in [2.75, 3.05) is 6.61 Å². The topological polar surface area (TPSA) is 88.4 Å². The fourth-order valence-electron chi connectivity index (χ4n) is 4.99. The number of aryl methyl sites for hydroxylation is 2. The lowest BCUT2D eigenvalue weighted by Gasteiger charge is -2.22. The van der Waals surface area contributed by atoms with Crippen LogP contribution in [0.4, 0.5) is 0 Å². The number of furan rings is 1. The average Bonchev–Trinajstić information content (AvgIpc) is 3.30. The maximum absolute atomic E-state index is 13.4. The van der Waals surface area contributed by atoms with Crippen molar-refractivity contribution < 1.29 is 13.9 Å². The van der Waals surface area contributed by atoms with Gasteiger partial charge in [0.1, 0.15) is 22.9 Å². The highest BCUT2D eigenvalue weighted by atomic mass is 16.5. The summed E-state index contributed by atoms with van der Waals surface area (Å²) in [5.41, 5.74) is 3.48. The van der Waals surface area contributed by atoms with E-state index in [1.54, 1.807) is 23.1 Å². The average molecular weight is 494 g/mol. The number of nitrogens with one attached hydrogen (secondary N) is 1. The van der Waals surface area contributed by atoms with E-state index in [0.717, 1.165) is 48.0 Å². The third kappa shape index (κ3) is 4.85. The minimum atomic E-state index is -0.222. The Morgan fingerprint density at radius 2 is 1.76 bits per heavy atom. The van der Waals surface area contributed by atoms with Crippen molar-refractivity contribution in [3.05, 3.63) is 106 Å². The summed E-state index contributed by atoms with van der Waals surface area (Å²) in [6.07, 6.45) is 4.29. The number of hydrogen-bond donors (Lipinski definition) is 1. The number of amides is 1. The van der Waals surface area contributed by atoms with Gasteiger partial charge < -0.3 is 19.0 Å². The molecule has 7 nitrogen and oxygen atoms in total. The van der Waals surface area contributed by atoms with Gasteiger partial charge in [0, 0.05) is 23.9 Å². The smallest absolute Gasteiger partial charge is 0.261 e. The Kier molecular flexibility index (Phi) is 6.18. The Labute approximate surface area is 213 Å². The number of benzene rings is 3. The molecule has 2 aromatic heterocycles. The second kappa shape index (κ2) is 9.93. The number of para-hydroxylation sites is 1. The van der Waals surface area contributed by atoms with Gasteiger partial charge in [-0.15, -0.1) is 0 Å². The van der Waals surface area contributed by atoms with E-state index in [1.807, 2.05) is 54.6 Å². The number of ether oxygens (including phenoxy) is 1. The van der Waals surface area contributed by atoms with Gasteiger partial charge in [-0.25, -0.2) is 4.98 Å². The lowest BCUT2D eigenvalue weighted by atomic mass is 9.96. The number of nitrogens with zero attached hydrogens (tertiary/aromatic N) is 2. The Bertz CT molecular complexity index is 1640. The van der Waals surface area contributed by atoms with Crippen LogP contribution in [0.15, 0.2) is 82.0 Å². The van der Waals surface area contributed by atoms with Gasteiger partial charge in [-0.1, -0.05) is 42.5 Å². The quantitative estimate of drug-likeness (QED) is 0.339. The van der Waals surface area contributed by atoms with Crippen LogP contribution in [0.2, 0.25) is 0 Å². The Balaban J connectivity index is 1.23. The van der Waals surface area contributed by atoms with Crippen molar-refractivity contribution >= 4 is 27.8 Å². The Morgan fingerprint density at radius 1 is 0.946 bits per heavy atom. The SMILES string of the molecule is O=C(COc1ccc2oc3c(c2c1)CCCC3)N(Cc1ccccc1)Cc1nc2ccccc2c(=O)[nH]1. The zero-order valence-corrected chi connectivity index (χ0v) is 20.4. The molecule has 0 saturated carbocycles. The maximum atomic E-state index is 13.4. The predicted molar refractivity (Wildman–Crippen MR) is 141 cm³/mol. The first-order valence-corrected chi connectivity index (χ1v) is 12.6. The molecule has 1 aliphatic carbocycles. The second-order valence-electron chi connectivity index (χ2n) is 9.42. The molecule has 0 saturated heterocycles. The van der Waals surface area contributed by atoms with Crippen molar-refractivity contribution in [1.82, 2.24) is 14.9 Å². The van der Waals surface area contributed by atoms with Crippen molar-refractivity contribution in [3.8, 4) is 5.75 Å². The lowest BCUT2D eigenvalue weighted by molar-refractivity contribution is -0.134. The third-order valence-corrected chi connectivity index (χ3v) is 6.86. The molecule has 0 bridgehead atoms. The van der Waals surface area contributed by atoms with Gasteiger partial charge in [0.25, 0.3) is 11.5 Å². The molecule has 0 aliphatic heterocycles. The van der Waals surface area contributed by atoms with Crippen molar-refractivity contribution in [1.29, 1.82) is 0 Å². The minimum absolute atomic E-state index is 0.129. The van der Waals surface area contributed by atoms with Crippen LogP contribution < -0.4 is 10.3 Å². The first kappa shape index (κ1) is 23.0. The van der Waals surface area contributed by atoms with Gasteiger partial charge in [-0.2, -0.15) is 0 Å². The minimum Gasteiger partial charge on any atom is -0.484 e. The monoisotopic (exact) mass is 493 g/mol. The van der Waals surface area contributed by atoms with Crippen LogP contribution in [0.1, 0.15) is 35.6 Å². The van der Waals surface area contributed by atoms with Gasteiger partial charge >= 0.3 is 0 Å². The zero-order valence-electron chi connectivity index (χ0n) is 20.4. The zero-order chi connectivity index (χ0) is 25.2. The number of hydrogen-bond acceptors (Lipinski definition) is 5. The summed E-state index contributed by atoms with van der Waals surface area (Å²) in [6.45, 7) is 0.398. The van der Waals surface area contributed by atoms with Crippen molar-refractivity contribution in [2.45, 2.75) is 38.8 Å². The number of carbonyl (C=O) groups excluding carboxylic acids is 1. The van der Waals surface area contributed by atoms with E-state index in [2.05, 4.69) is 9.97 Å². The Morgan fingerprint density at radius 3 is 2.65 bits per heavy atom. The number of aromatic amines is 1. The molecule has 0 fully saturated rings. The molecule has 1 amide bonds. The molecule has 2 heterocycles. The fourth-order valence-corrected chi connectivity index (χ4v) is 4.99. The molecule has 5 aromatic rings. The molecule has 37 heavy (non-hydrogen) atoms. The summed E-state index contributed by atoms with van der Waals surface area (Å²) < 4.78 is 12.0. The van der Waals surface area contributed by atoms with E-state index in [4.69, 9.17) is 9.15 Å². The highest BCUT2D eigenvalue weighted by Gasteiger charge is 2.20. The largest absolute Gasteiger partial charge is 0.484 e. The normalized spacial score (nSPS) is 13.0. The van der Waals surface area contributed by atoms with E-state index in [-0.39, 0.29) is 24.6 Å². The summed E-state index contributed by atoms with van der Waals surface area (Å²) in [4.78, 5) is 35.0. The number of aromatic nitrogens is 2. The van der Waals surface area contributed by atoms with Crippen LogP contribution in [0.3, 0.4) is 0 Å². The first-order chi connectivity index (χ1) is 18.1. The van der Waals surface area contributed by atoms with Gasteiger partial charge in [-0.05, 0) is 55.2 Å². The summed E-state index contributed by atoms with van der Waals surface area (Å²) in [5, 5.41) is 1.59. The molecule has 0 radical (unpaired) electrons. The summed E-state index contributed by atoms with van der Waals surface area (Å²) in [6, 6.07) is 22.6. The molecule has 3 aromatic carbocycles. The molecule has 1 aliphatic rings. The third-order valence-electron chi connectivity index (χ3n) is 6.86. The van der Waals surface area contributed by atoms with Gasteiger partial charge in [0.05, 0.1) is 17.4 Å². The fraction of sp³-hybridized carbons (Fsp3) is 0.233. The second-order valence-corrected chi connectivity index (χ2v) is 9.42. The van der Waals surface area contributed by atoms with E-state index in [9.17, 15) is 9.59 Å². The summed E-state index contributed by atoms with van der Waals surface area (Å²) >= 11 is 0. The highest BCUT2D eigenvalue weighted by Crippen LogP contribution is 2.34. The van der Waals surface area contributed by atoms with Crippen LogP contribution in [0.25, 0.3) is 21.9 Å². The van der Waals surface area contributed by atoms with Crippen LogP contribution in [-0.4, -0.2) is 27.4 Å². The Hall–Kier alpha value is -4.39. The summed E-state index contributed by atoms with van der Waals surface area (Å²) in [5.74, 6) is 1.93. The van der Waals surface area contributed by atoms with Crippen molar-refractivity contribution in [2.24, 2.45) is 0 Å². The van der Waals surface area contributed by atoms with Crippen LogP contribution >= 0.6 is 0 Å². The number of carbonyl (C=O) groups is 1. The number of fused-ring (bicyclic) bond motifs is 4. The predicted octanol–water partition coefficient (Wildman–Crippen LogP) is 5.16. The molecular weight excluding hydrogens is 466 g/mol. The van der Waals surface area contributed by atoms with Crippen molar-refractivity contribution in [3.63, 3.8) is 0 Å². The van der Waals surface area contributed by atoms with Crippen LogP contribution in [0.5, 0.6) is 5.75 Å². The molecule has 0 spiro atoms. The first-order valence-electron chi connectivity index (χ1n) is 12.6. The lowest BCUT2D eigenvalue weighted by Crippen LogP contribution is -2.35. The molecule has 0 atom stereocenters. The van der Waals surface area contributed by atoms with E-state index >= 15 is 0 Å². The molecular formula is C30H27N3O4. The van der Waals surface area contributed by atoms with Gasteiger partial charge in [0.2, 0.25) is 0 Å². The molecule has 1 N–H and O–H groups in total. The highest BCUT2D eigenvalue weighted by molar-refractivity contribution is 5.84. The maximum Gasteiger partial charge on any atom is 0.261 e. The molecule has 6 rings (SSSR count). The van der Waals surface area contributed by atoms with Crippen LogP contribution in [-0.2, 0) is 30.7 Å². The standard InChI is InChI=1S/C30H27N3O4/c34-29(19-36-21-14-15-27-24(16-21)22-10-5-7-13-26(22)37-27)33(17-20-8-2-1-3-9-20)18-28-31-25-12-6-4-11-23(25)30(35)32-28/h1-4,6,8-9,11-12,14-16H,5,7,10,13,17-19H2,(H,31,32,35). The molecule has 186 valence electrons. The molecule has 0 unspecified atom stereocenters. The number of rotatable bonds is 7. The van der Waals surface area contributed by atoms with E-state index in [1.165, 1.54) is 5.56 Å².